The fraction of sp³-hybridized carbons (Fsp3) is 0.391. The van der Waals surface area contributed by atoms with Gasteiger partial charge in [-0.05, 0) is 54.8 Å². The number of thioether (sulfide) groups is 1. The summed E-state index contributed by atoms with van der Waals surface area (Å²) in [5.41, 5.74) is 3.53. The molecule has 0 saturated carbocycles. The largest absolute Gasteiger partial charge is 0.341 e. The van der Waals surface area contributed by atoms with Gasteiger partial charge < -0.3 is 10.2 Å². The lowest BCUT2D eigenvalue weighted by molar-refractivity contribution is -0.130. The molecule has 4 rings (SSSR count). The Morgan fingerprint density at radius 2 is 1.78 bits per heavy atom. The van der Waals surface area contributed by atoms with Gasteiger partial charge in [0, 0.05) is 41.9 Å². The summed E-state index contributed by atoms with van der Waals surface area (Å²) in [4.78, 5) is 27.1. The van der Waals surface area contributed by atoms with Gasteiger partial charge >= 0.3 is 0 Å². The van der Waals surface area contributed by atoms with Crippen LogP contribution in [0.15, 0.2) is 42.5 Å². The molecule has 2 heterocycles. The van der Waals surface area contributed by atoms with Crippen molar-refractivity contribution in [2.75, 3.05) is 40.5 Å². The van der Waals surface area contributed by atoms with Crippen LogP contribution in [0, 0.1) is 0 Å². The Balaban J connectivity index is 1.40. The molecular formula is C23H27N3O4S2. The van der Waals surface area contributed by atoms with Crippen molar-refractivity contribution in [3.05, 3.63) is 59.2 Å². The topological polar surface area (TPSA) is 86.8 Å². The van der Waals surface area contributed by atoms with Crippen molar-refractivity contribution >= 4 is 45.0 Å². The molecule has 0 radical (unpaired) electrons. The molecule has 0 spiro atoms. The highest BCUT2D eigenvalue weighted by Gasteiger charge is 2.32. The van der Waals surface area contributed by atoms with Gasteiger partial charge in [-0.3, -0.25) is 13.9 Å². The number of amides is 2. The van der Waals surface area contributed by atoms with Crippen LogP contribution < -0.4 is 9.62 Å². The highest BCUT2D eigenvalue weighted by Crippen LogP contribution is 2.34. The number of sulfonamides is 1. The molecular weight excluding hydrogens is 446 g/mol. The molecule has 0 aliphatic carbocycles. The zero-order valence-electron chi connectivity index (χ0n) is 18.2. The Morgan fingerprint density at radius 3 is 2.44 bits per heavy atom. The summed E-state index contributed by atoms with van der Waals surface area (Å²) in [6.45, 7) is 3.47. The number of nitrogens with zero attached hydrogens (tertiary/aromatic N) is 2. The predicted octanol–water partition coefficient (Wildman–Crippen LogP) is 2.77. The van der Waals surface area contributed by atoms with Gasteiger partial charge in [-0.15, -0.1) is 0 Å². The maximum atomic E-state index is 12.7. The third-order valence-corrected chi connectivity index (χ3v) is 8.00. The molecule has 1 fully saturated rings. The Morgan fingerprint density at radius 1 is 1.09 bits per heavy atom. The molecule has 170 valence electrons. The first-order valence-electron chi connectivity index (χ1n) is 10.6. The number of nitrogens with one attached hydrogen (secondary N) is 1. The standard InChI is InChI=1S/C23H27N3O4S2/c1-16-13-19-15-18(5-8-21(19)26(16)32(2,29)30)23(28)24-20-6-3-17(4-7-20)14-22(27)25-9-11-31-12-10-25/h3-8,15-16H,9-14H2,1-2H3,(H,24,28). The molecule has 1 unspecified atom stereocenters. The van der Waals surface area contributed by atoms with E-state index in [0.717, 1.165) is 35.7 Å². The molecule has 2 aromatic carbocycles. The number of anilines is 2. The lowest BCUT2D eigenvalue weighted by Gasteiger charge is -2.26. The summed E-state index contributed by atoms with van der Waals surface area (Å²) in [6.07, 6.45) is 2.13. The van der Waals surface area contributed by atoms with Crippen molar-refractivity contribution in [1.82, 2.24) is 4.90 Å². The van der Waals surface area contributed by atoms with Crippen molar-refractivity contribution in [3.63, 3.8) is 0 Å². The van der Waals surface area contributed by atoms with E-state index in [1.54, 1.807) is 30.3 Å². The van der Waals surface area contributed by atoms with Gasteiger partial charge in [-0.1, -0.05) is 12.1 Å². The van der Waals surface area contributed by atoms with E-state index in [-0.39, 0.29) is 17.9 Å². The first-order chi connectivity index (χ1) is 15.2. The zero-order chi connectivity index (χ0) is 22.9. The van der Waals surface area contributed by atoms with Crippen LogP contribution in [0.25, 0.3) is 0 Å². The molecule has 1 N–H and O–H groups in total. The van der Waals surface area contributed by atoms with Crippen molar-refractivity contribution < 1.29 is 18.0 Å². The minimum atomic E-state index is -3.36. The summed E-state index contributed by atoms with van der Waals surface area (Å²) in [6, 6.07) is 12.3. The predicted molar refractivity (Wildman–Crippen MR) is 129 cm³/mol. The van der Waals surface area contributed by atoms with Gasteiger partial charge in [0.15, 0.2) is 0 Å². The normalized spacial score (nSPS) is 18.4. The van der Waals surface area contributed by atoms with Crippen LogP contribution in [0.4, 0.5) is 11.4 Å². The van der Waals surface area contributed by atoms with Crippen LogP contribution in [0.2, 0.25) is 0 Å². The smallest absolute Gasteiger partial charge is 0.255 e. The highest BCUT2D eigenvalue weighted by atomic mass is 32.2. The van der Waals surface area contributed by atoms with Crippen LogP contribution in [-0.2, 0) is 27.7 Å². The molecule has 32 heavy (non-hydrogen) atoms. The lowest BCUT2D eigenvalue weighted by Crippen LogP contribution is -2.38. The summed E-state index contributed by atoms with van der Waals surface area (Å²) in [5, 5.41) is 2.88. The van der Waals surface area contributed by atoms with Gasteiger partial charge in [0.25, 0.3) is 5.91 Å². The van der Waals surface area contributed by atoms with Crippen LogP contribution in [0.5, 0.6) is 0 Å². The maximum absolute atomic E-state index is 12.7. The summed E-state index contributed by atoms with van der Waals surface area (Å²) >= 11 is 1.87. The molecule has 7 nitrogen and oxygen atoms in total. The number of fused-ring (bicyclic) bond motifs is 1. The molecule has 2 amide bonds. The molecule has 9 heteroatoms. The van der Waals surface area contributed by atoms with E-state index in [9.17, 15) is 18.0 Å². The average Bonchev–Trinajstić information content (AvgIpc) is 3.11. The summed E-state index contributed by atoms with van der Waals surface area (Å²) in [7, 11) is -3.36. The summed E-state index contributed by atoms with van der Waals surface area (Å²) < 4.78 is 25.6. The molecule has 2 aliphatic heterocycles. The van der Waals surface area contributed by atoms with Gasteiger partial charge in [0.05, 0.1) is 18.4 Å². The Kier molecular flexibility index (Phi) is 6.48. The number of hydrogen-bond donors (Lipinski definition) is 1. The van der Waals surface area contributed by atoms with Crippen molar-refractivity contribution in [3.8, 4) is 0 Å². The van der Waals surface area contributed by atoms with Crippen LogP contribution >= 0.6 is 11.8 Å². The maximum Gasteiger partial charge on any atom is 0.255 e. The van der Waals surface area contributed by atoms with E-state index in [4.69, 9.17) is 0 Å². The molecule has 0 aromatic heterocycles. The second kappa shape index (κ2) is 9.15. The molecule has 1 atom stereocenters. The van der Waals surface area contributed by atoms with Gasteiger partial charge in [-0.25, -0.2) is 8.42 Å². The van der Waals surface area contributed by atoms with Gasteiger partial charge in [0.2, 0.25) is 15.9 Å². The minimum Gasteiger partial charge on any atom is -0.341 e. The van der Waals surface area contributed by atoms with E-state index >= 15 is 0 Å². The Bertz CT molecular complexity index is 1130. The molecule has 0 bridgehead atoms. The number of rotatable bonds is 5. The Hall–Kier alpha value is -2.52. The minimum absolute atomic E-state index is 0.137. The van der Waals surface area contributed by atoms with Crippen LogP contribution in [0.1, 0.15) is 28.4 Å². The monoisotopic (exact) mass is 473 g/mol. The van der Waals surface area contributed by atoms with Crippen molar-refractivity contribution in [2.24, 2.45) is 0 Å². The second-order valence-electron chi connectivity index (χ2n) is 8.28. The average molecular weight is 474 g/mol. The van der Waals surface area contributed by atoms with Crippen molar-refractivity contribution in [2.45, 2.75) is 25.8 Å². The van der Waals surface area contributed by atoms with Gasteiger partial charge in [-0.2, -0.15) is 11.8 Å². The quantitative estimate of drug-likeness (QED) is 0.722. The van der Waals surface area contributed by atoms with Crippen molar-refractivity contribution in [1.29, 1.82) is 0 Å². The van der Waals surface area contributed by atoms with E-state index < -0.39 is 10.0 Å². The number of hydrogen-bond acceptors (Lipinski definition) is 5. The van der Waals surface area contributed by atoms with E-state index in [1.165, 1.54) is 10.6 Å². The van der Waals surface area contributed by atoms with E-state index in [2.05, 4.69) is 5.32 Å². The fourth-order valence-electron chi connectivity index (χ4n) is 4.26. The molecule has 2 aliphatic rings. The molecule has 2 aromatic rings. The fourth-order valence-corrected chi connectivity index (χ4v) is 6.42. The van der Waals surface area contributed by atoms with Crippen LogP contribution in [-0.4, -0.2) is 62.0 Å². The lowest BCUT2D eigenvalue weighted by atomic mass is 10.1. The SMILES string of the molecule is CC1Cc2cc(C(=O)Nc3ccc(CC(=O)N4CCSCC4)cc3)ccc2N1S(C)(=O)=O. The number of carbonyl (C=O) groups excluding carboxylic acids is 2. The first kappa shape index (κ1) is 22.7. The van der Waals surface area contributed by atoms with E-state index in [1.807, 2.05) is 35.7 Å². The third-order valence-electron chi connectivity index (χ3n) is 5.78. The highest BCUT2D eigenvalue weighted by molar-refractivity contribution is 7.99. The number of benzene rings is 2. The zero-order valence-corrected chi connectivity index (χ0v) is 19.8. The Labute approximate surface area is 193 Å². The van der Waals surface area contributed by atoms with E-state index in [0.29, 0.717) is 29.8 Å². The third kappa shape index (κ3) is 4.94. The molecule has 1 saturated heterocycles. The van der Waals surface area contributed by atoms with Gasteiger partial charge in [0.1, 0.15) is 0 Å². The van der Waals surface area contributed by atoms with Crippen LogP contribution in [0.3, 0.4) is 0 Å². The number of carbonyl (C=O) groups is 2. The summed E-state index contributed by atoms with van der Waals surface area (Å²) in [5.74, 6) is 1.86. The second-order valence-corrected chi connectivity index (χ2v) is 11.4. The first-order valence-corrected chi connectivity index (χ1v) is 13.6.